The molecule has 8 heteroatoms. The Bertz CT molecular complexity index is 681. The molecule has 0 amide bonds. The molecule has 0 atom stereocenters. The van der Waals surface area contributed by atoms with Crippen LogP contribution in [0.25, 0.3) is 11.2 Å². The minimum atomic E-state index is -4.29. The highest BCUT2D eigenvalue weighted by molar-refractivity contribution is 7.98. The second-order valence-corrected chi connectivity index (χ2v) is 4.77. The number of hydrogen-bond donors (Lipinski definition) is 1. The van der Waals surface area contributed by atoms with E-state index >= 15 is 0 Å². The lowest BCUT2D eigenvalue weighted by atomic mass is 10.3. The number of alkyl halides is 3. The van der Waals surface area contributed by atoms with Crippen molar-refractivity contribution in [1.29, 1.82) is 0 Å². The molecule has 0 aliphatic heterocycles. The fourth-order valence-corrected chi connectivity index (χ4v) is 1.87. The quantitative estimate of drug-likeness (QED) is 0.695. The number of pyridine rings is 2. The first-order valence-electron chi connectivity index (χ1n) is 5.81. The van der Waals surface area contributed by atoms with E-state index in [0.717, 1.165) is 23.4 Å². The lowest BCUT2D eigenvalue weighted by molar-refractivity contribution is -0.138. The third-order valence-electron chi connectivity index (χ3n) is 2.47. The Morgan fingerprint density at radius 2 is 2.00 bits per heavy atom. The molecule has 3 heterocycles. The number of imidazole rings is 1. The second kappa shape index (κ2) is 6.57. The molecule has 3 rings (SSSR count). The van der Waals surface area contributed by atoms with Gasteiger partial charge in [0.05, 0.1) is 17.4 Å². The molecule has 1 N–H and O–H groups in total. The predicted molar refractivity (Wildman–Crippen MR) is 74.9 cm³/mol. The molecule has 21 heavy (non-hydrogen) atoms. The van der Waals surface area contributed by atoms with Gasteiger partial charge >= 0.3 is 6.18 Å². The molecule has 0 bridgehead atoms. The van der Waals surface area contributed by atoms with Gasteiger partial charge in [0.2, 0.25) is 0 Å². The van der Waals surface area contributed by atoms with Crippen LogP contribution >= 0.6 is 11.8 Å². The summed E-state index contributed by atoms with van der Waals surface area (Å²) in [6.07, 6.45) is 3.00. The van der Waals surface area contributed by atoms with Crippen LogP contribution in [-0.4, -0.2) is 26.2 Å². The van der Waals surface area contributed by atoms with Crippen LogP contribution in [0.5, 0.6) is 0 Å². The lowest BCUT2D eigenvalue weighted by Gasteiger charge is -2.05. The van der Waals surface area contributed by atoms with Gasteiger partial charge in [-0.05, 0) is 24.5 Å². The molecule has 0 aliphatic rings. The van der Waals surface area contributed by atoms with E-state index in [4.69, 9.17) is 0 Å². The van der Waals surface area contributed by atoms with Crippen molar-refractivity contribution in [3.05, 3.63) is 48.7 Å². The van der Waals surface area contributed by atoms with E-state index in [0.29, 0.717) is 4.90 Å². The zero-order valence-electron chi connectivity index (χ0n) is 10.9. The molecule has 0 radical (unpaired) electrons. The van der Waals surface area contributed by atoms with Gasteiger partial charge in [0.25, 0.3) is 0 Å². The van der Waals surface area contributed by atoms with Gasteiger partial charge < -0.3 is 4.98 Å². The van der Waals surface area contributed by atoms with E-state index in [1.807, 2.05) is 12.1 Å². The molecular formula is C13H11F3N4S. The van der Waals surface area contributed by atoms with Gasteiger partial charge in [0, 0.05) is 23.5 Å². The number of nitrogens with zero attached hydrogens (tertiary/aromatic N) is 3. The maximum Gasteiger partial charge on any atom is 0.417 e. The summed E-state index contributed by atoms with van der Waals surface area (Å²) in [6.45, 7) is 0. The summed E-state index contributed by atoms with van der Waals surface area (Å²) >= 11 is 1.24. The van der Waals surface area contributed by atoms with Crippen molar-refractivity contribution in [3.8, 4) is 0 Å². The summed E-state index contributed by atoms with van der Waals surface area (Å²) in [4.78, 5) is 14.9. The predicted octanol–water partition coefficient (Wildman–Crippen LogP) is 3.78. The molecule has 3 aromatic rings. The highest BCUT2D eigenvalue weighted by Crippen LogP contribution is 2.30. The first-order chi connectivity index (χ1) is 10.0. The molecule has 110 valence electrons. The van der Waals surface area contributed by atoms with Gasteiger partial charge in [0.15, 0.2) is 5.65 Å². The van der Waals surface area contributed by atoms with E-state index in [2.05, 4.69) is 19.9 Å². The third kappa shape index (κ3) is 4.19. The van der Waals surface area contributed by atoms with Gasteiger partial charge in [-0.25, -0.2) is 9.97 Å². The van der Waals surface area contributed by atoms with E-state index in [9.17, 15) is 13.2 Å². The minimum absolute atomic E-state index is 0.518. The molecule has 0 saturated carbocycles. The summed E-state index contributed by atoms with van der Waals surface area (Å²) in [5.41, 5.74) is 1.06. The van der Waals surface area contributed by atoms with Crippen molar-refractivity contribution in [2.24, 2.45) is 0 Å². The standard InChI is InChI=1S/C7H6F3NS.C6H5N3/c1-12-6-2-5(3-11-4-6)7(8,9)10;1-2-5-6(7-3-1)9-4-8-5/h2-4H,1H3;1-4H,(H,7,8,9). The van der Waals surface area contributed by atoms with E-state index in [-0.39, 0.29) is 0 Å². The molecule has 0 saturated heterocycles. The van der Waals surface area contributed by atoms with Crippen LogP contribution < -0.4 is 0 Å². The largest absolute Gasteiger partial charge is 0.417 e. The lowest BCUT2D eigenvalue weighted by Crippen LogP contribution is -2.05. The molecule has 0 unspecified atom stereocenters. The molecule has 0 fully saturated rings. The number of aromatic amines is 1. The molecule has 3 aromatic heterocycles. The van der Waals surface area contributed by atoms with E-state index < -0.39 is 11.7 Å². The average molecular weight is 312 g/mol. The Hall–Kier alpha value is -2.09. The monoisotopic (exact) mass is 312 g/mol. The van der Waals surface area contributed by atoms with Gasteiger partial charge in [-0.15, -0.1) is 11.8 Å². The molecular weight excluding hydrogens is 301 g/mol. The number of rotatable bonds is 1. The number of hydrogen-bond acceptors (Lipinski definition) is 4. The van der Waals surface area contributed by atoms with Crippen molar-refractivity contribution in [1.82, 2.24) is 19.9 Å². The number of aromatic nitrogens is 4. The Kier molecular flexibility index (Phi) is 4.79. The fraction of sp³-hybridized carbons (Fsp3) is 0.154. The highest BCUT2D eigenvalue weighted by Gasteiger charge is 2.30. The van der Waals surface area contributed by atoms with E-state index in [1.54, 1.807) is 18.8 Å². The molecule has 0 aliphatic carbocycles. The van der Waals surface area contributed by atoms with E-state index in [1.165, 1.54) is 18.0 Å². The zero-order valence-corrected chi connectivity index (χ0v) is 11.7. The van der Waals surface area contributed by atoms with Crippen LogP contribution in [0.1, 0.15) is 5.56 Å². The van der Waals surface area contributed by atoms with Crippen molar-refractivity contribution in [2.75, 3.05) is 6.26 Å². The van der Waals surface area contributed by atoms with Crippen molar-refractivity contribution in [3.63, 3.8) is 0 Å². The Labute approximate surface area is 122 Å². The van der Waals surface area contributed by atoms with Crippen LogP contribution in [0.3, 0.4) is 0 Å². The SMILES string of the molecule is CSc1cncc(C(F)(F)F)c1.c1cnc2nc[nH]c2c1. The number of halogens is 3. The van der Waals surface area contributed by atoms with Crippen LogP contribution in [0, 0.1) is 0 Å². The van der Waals surface area contributed by atoms with Crippen molar-refractivity contribution in [2.45, 2.75) is 11.1 Å². The topological polar surface area (TPSA) is 54.5 Å². The number of nitrogens with one attached hydrogen (secondary N) is 1. The van der Waals surface area contributed by atoms with Gasteiger partial charge in [-0.2, -0.15) is 13.2 Å². The first kappa shape index (κ1) is 15.3. The number of H-pyrrole nitrogens is 1. The first-order valence-corrected chi connectivity index (χ1v) is 7.03. The summed E-state index contributed by atoms with van der Waals surface area (Å²) in [6, 6.07) is 4.90. The number of thioether (sulfide) groups is 1. The van der Waals surface area contributed by atoms with Crippen LogP contribution in [0.4, 0.5) is 13.2 Å². The normalized spacial score (nSPS) is 11.0. The third-order valence-corrected chi connectivity index (χ3v) is 3.16. The van der Waals surface area contributed by atoms with Crippen LogP contribution in [-0.2, 0) is 6.18 Å². The molecule has 4 nitrogen and oxygen atoms in total. The highest BCUT2D eigenvalue weighted by atomic mass is 32.2. The maximum absolute atomic E-state index is 12.1. The van der Waals surface area contributed by atoms with Crippen molar-refractivity contribution >= 4 is 22.9 Å². The second-order valence-electron chi connectivity index (χ2n) is 3.89. The van der Waals surface area contributed by atoms with Crippen LogP contribution in [0.15, 0.2) is 48.0 Å². The zero-order chi connectivity index (χ0) is 15.3. The fourth-order valence-electron chi connectivity index (χ4n) is 1.46. The molecule has 0 aromatic carbocycles. The van der Waals surface area contributed by atoms with Gasteiger partial charge in [-0.1, -0.05) is 0 Å². The Balaban J connectivity index is 0.000000159. The van der Waals surface area contributed by atoms with Crippen molar-refractivity contribution < 1.29 is 13.2 Å². The minimum Gasteiger partial charge on any atom is -0.343 e. The average Bonchev–Trinajstić information content (AvgIpc) is 2.95. The molecule has 0 spiro atoms. The Morgan fingerprint density at radius 1 is 1.19 bits per heavy atom. The maximum atomic E-state index is 12.1. The summed E-state index contributed by atoms with van der Waals surface area (Å²) in [5, 5.41) is 0. The van der Waals surface area contributed by atoms with Gasteiger partial charge in [-0.3, -0.25) is 4.98 Å². The smallest absolute Gasteiger partial charge is 0.343 e. The number of fused-ring (bicyclic) bond motifs is 1. The summed E-state index contributed by atoms with van der Waals surface area (Å²) < 4.78 is 36.2. The van der Waals surface area contributed by atoms with Gasteiger partial charge in [0.1, 0.15) is 0 Å². The Morgan fingerprint density at radius 3 is 2.67 bits per heavy atom. The summed E-state index contributed by atoms with van der Waals surface area (Å²) in [7, 11) is 0. The summed E-state index contributed by atoms with van der Waals surface area (Å²) in [5.74, 6) is 0. The van der Waals surface area contributed by atoms with Crippen LogP contribution in [0.2, 0.25) is 0 Å².